The van der Waals surface area contributed by atoms with E-state index in [1.807, 2.05) is 18.8 Å². The molecular weight excluding hydrogens is 382 g/mol. The highest BCUT2D eigenvalue weighted by Gasteiger charge is 2.56. The molecule has 23 heavy (non-hydrogen) atoms. The van der Waals surface area contributed by atoms with E-state index in [1.165, 1.54) is 7.11 Å². The van der Waals surface area contributed by atoms with Crippen molar-refractivity contribution in [2.75, 3.05) is 30.9 Å². The lowest BCUT2D eigenvalue weighted by Crippen LogP contribution is -2.63. The maximum absolute atomic E-state index is 12.0. The van der Waals surface area contributed by atoms with Crippen molar-refractivity contribution in [1.29, 1.82) is 0 Å². The molecule has 0 aromatic carbocycles. The van der Waals surface area contributed by atoms with Gasteiger partial charge in [-0.2, -0.15) is 16.9 Å². The first-order valence-corrected chi connectivity index (χ1v) is 9.13. The number of ether oxygens (including phenoxy) is 1. The first-order chi connectivity index (χ1) is 11.1. The lowest BCUT2D eigenvalue weighted by atomic mass is 9.83. The molecule has 0 saturated carbocycles. The number of esters is 1. The van der Waals surface area contributed by atoms with Crippen LogP contribution in [0.5, 0.6) is 0 Å². The predicted octanol–water partition coefficient (Wildman–Crippen LogP) is 1.61. The fourth-order valence-electron chi connectivity index (χ4n) is 3.55. The summed E-state index contributed by atoms with van der Waals surface area (Å²) in [5, 5.41) is 5.28. The van der Waals surface area contributed by atoms with Gasteiger partial charge in [0.15, 0.2) is 5.65 Å². The average Bonchev–Trinajstić information content (AvgIpc) is 3.07. The highest BCUT2D eigenvalue weighted by molar-refractivity contribution is 9.10. The number of methoxy groups -OCH3 is 1. The summed E-state index contributed by atoms with van der Waals surface area (Å²) in [4.78, 5) is 23.0. The number of aryl methyl sites for hydroxylation is 1. The SMILES string of the molecule is COC(=O)C1CCSC12CN(c1ncnc3c1c(Br)nn3C)C2. The van der Waals surface area contributed by atoms with Crippen LogP contribution in [0.15, 0.2) is 10.9 Å². The Balaban J connectivity index is 1.65. The number of hydrogen-bond donors (Lipinski definition) is 0. The van der Waals surface area contributed by atoms with E-state index in [0.29, 0.717) is 0 Å². The summed E-state index contributed by atoms with van der Waals surface area (Å²) in [6, 6.07) is 0. The normalized spacial score (nSPS) is 22.6. The summed E-state index contributed by atoms with van der Waals surface area (Å²) in [5.74, 6) is 1.76. The molecule has 0 amide bonds. The number of carbonyl (C=O) groups excluding carboxylic acids is 1. The second kappa shape index (κ2) is 5.34. The number of fused-ring (bicyclic) bond motifs is 1. The Morgan fingerprint density at radius 3 is 3.00 bits per heavy atom. The number of hydrogen-bond acceptors (Lipinski definition) is 7. The number of nitrogens with zero attached hydrogens (tertiary/aromatic N) is 5. The minimum Gasteiger partial charge on any atom is -0.469 e. The fraction of sp³-hybridized carbons (Fsp3) is 0.571. The zero-order chi connectivity index (χ0) is 16.2. The summed E-state index contributed by atoms with van der Waals surface area (Å²) >= 11 is 5.37. The molecule has 7 nitrogen and oxygen atoms in total. The van der Waals surface area contributed by atoms with E-state index in [9.17, 15) is 4.79 Å². The van der Waals surface area contributed by atoms with Crippen molar-refractivity contribution >= 4 is 50.5 Å². The van der Waals surface area contributed by atoms with Crippen LogP contribution in [0, 0.1) is 5.92 Å². The fourth-order valence-corrected chi connectivity index (χ4v) is 5.81. The summed E-state index contributed by atoms with van der Waals surface area (Å²) in [6.07, 6.45) is 2.46. The van der Waals surface area contributed by atoms with E-state index in [0.717, 1.165) is 46.7 Å². The van der Waals surface area contributed by atoms with Gasteiger partial charge in [0, 0.05) is 20.1 Å². The lowest BCUT2D eigenvalue weighted by Gasteiger charge is -2.50. The van der Waals surface area contributed by atoms with Crippen LogP contribution in [0.25, 0.3) is 11.0 Å². The van der Waals surface area contributed by atoms with Gasteiger partial charge in [-0.25, -0.2) is 14.6 Å². The van der Waals surface area contributed by atoms with Crippen molar-refractivity contribution in [3.05, 3.63) is 10.9 Å². The highest BCUT2D eigenvalue weighted by Crippen LogP contribution is 2.51. The van der Waals surface area contributed by atoms with Crippen LogP contribution < -0.4 is 4.90 Å². The van der Waals surface area contributed by atoms with Gasteiger partial charge in [0.25, 0.3) is 0 Å². The molecule has 0 aliphatic carbocycles. The number of halogens is 1. The molecule has 0 radical (unpaired) electrons. The molecular formula is C14H16BrN5O2S. The molecule has 4 rings (SSSR count). The van der Waals surface area contributed by atoms with Crippen molar-refractivity contribution in [2.45, 2.75) is 11.2 Å². The number of aromatic nitrogens is 4. The Morgan fingerprint density at radius 2 is 2.26 bits per heavy atom. The van der Waals surface area contributed by atoms with Gasteiger partial charge >= 0.3 is 5.97 Å². The number of carbonyl (C=O) groups is 1. The third kappa shape index (κ3) is 2.16. The van der Waals surface area contributed by atoms with E-state index in [4.69, 9.17) is 4.74 Å². The standard InChI is InChI=1S/C14H16BrN5O2S/c1-19-11-9(10(15)18-19)12(17-7-16-11)20-5-14(6-20)8(3-4-23-14)13(21)22-2/h7-8H,3-6H2,1-2H3. The second-order valence-electron chi connectivity index (χ2n) is 5.94. The summed E-state index contributed by atoms with van der Waals surface area (Å²) in [7, 11) is 3.33. The van der Waals surface area contributed by atoms with E-state index in [-0.39, 0.29) is 16.6 Å². The van der Waals surface area contributed by atoms with E-state index < -0.39 is 0 Å². The zero-order valence-corrected chi connectivity index (χ0v) is 15.2. The molecule has 1 unspecified atom stereocenters. The third-order valence-electron chi connectivity index (χ3n) is 4.69. The molecule has 2 fully saturated rings. The van der Waals surface area contributed by atoms with Gasteiger partial charge in [-0.1, -0.05) is 0 Å². The molecule has 2 aromatic heterocycles. The summed E-state index contributed by atoms with van der Waals surface area (Å²) < 4.78 is 7.42. The molecule has 2 aliphatic heterocycles. The number of anilines is 1. The van der Waals surface area contributed by atoms with Crippen molar-refractivity contribution in [3.8, 4) is 0 Å². The van der Waals surface area contributed by atoms with Crippen LogP contribution in [-0.4, -0.2) is 56.4 Å². The van der Waals surface area contributed by atoms with Gasteiger partial charge in [0.2, 0.25) is 0 Å². The molecule has 122 valence electrons. The quantitative estimate of drug-likeness (QED) is 0.712. The molecule has 0 bridgehead atoms. The Hall–Kier alpha value is -1.35. The van der Waals surface area contributed by atoms with Crippen molar-refractivity contribution in [3.63, 3.8) is 0 Å². The first kappa shape index (κ1) is 15.2. The van der Waals surface area contributed by atoms with Gasteiger partial charge in [0.1, 0.15) is 16.7 Å². The van der Waals surface area contributed by atoms with Crippen LogP contribution in [0.4, 0.5) is 5.82 Å². The van der Waals surface area contributed by atoms with Crippen LogP contribution in [0.1, 0.15) is 6.42 Å². The smallest absolute Gasteiger partial charge is 0.310 e. The summed E-state index contributed by atoms with van der Waals surface area (Å²) in [6.45, 7) is 1.59. The molecule has 1 atom stereocenters. The minimum absolute atomic E-state index is 0.0246. The topological polar surface area (TPSA) is 73.1 Å². The van der Waals surface area contributed by atoms with E-state index in [1.54, 1.807) is 11.0 Å². The van der Waals surface area contributed by atoms with Crippen molar-refractivity contribution in [1.82, 2.24) is 19.7 Å². The van der Waals surface area contributed by atoms with E-state index >= 15 is 0 Å². The molecule has 1 spiro atoms. The summed E-state index contributed by atoms with van der Waals surface area (Å²) in [5.41, 5.74) is 0.798. The highest BCUT2D eigenvalue weighted by atomic mass is 79.9. The van der Waals surface area contributed by atoms with Gasteiger partial charge in [-0.05, 0) is 28.1 Å². The molecule has 0 N–H and O–H groups in total. The molecule has 4 heterocycles. The van der Waals surface area contributed by atoms with Crippen LogP contribution >= 0.6 is 27.7 Å². The van der Waals surface area contributed by atoms with Crippen molar-refractivity contribution < 1.29 is 9.53 Å². The average molecular weight is 398 g/mol. The Bertz CT molecular complexity index is 789. The molecule has 2 saturated heterocycles. The van der Waals surface area contributed by atoms with Gasteiger partial charge in [-0.15, -0.1) is 0 Å². The lowest BCUT2D eigenvalue weighted by molar-refractivity contribution is -0.146. The number of rotatable bonds is 2. The largest absolute Gasteiger partial charge is 0.469 e. The van der Waals surface area contributed by atoms with E-state index in [2.05, 4.69) is 35.9 Å². The third-order valence-corrected chi connectivity index (χ3v) is 6.80. The maximum Gasteiger partial charge on any atom is 0.310 e. The molecule has 2 aliphatic rings. The zero-order valence-electron chi connectivity index (χ0n) is 12.8. The van der Waals surface area contributed by atoms with Crippen molar-refractivity contribution in [2.24, 2.45) is 13.0 Å². The maximum atomic E-state index is 12.0. The second-order valence-corrected chi connectivity index (χ2v) is 8.21. The Morgan fingerprint density at radius 1 is 1.48 bits per heavy atom. The number of thioether (sulfide) groups is 1. The van der Waals surface area contributed by atoms with Crippen LogP contribution in [0.3, 0.4) is 0 Å². The van der Waals surface area contributed by atoms with Gasteiger partial charge < -0.3 is 9.64 Å². The first-order valence-electron chi connectivity index (χ1n) is 7.36. The minimum atomic E-state index is -0.0926. The predicted molar refractivity (Wildman–Crippen MR) is 91.5 cm³/mol. The monoisotopic (exact) mass is 397 g/mol. The molecule has 9 heteroatoms. The Kier molecular flexibility index (Phi) is 3.53. The van der Waals surface area contributed by atoms with Crippen LogP contribution in [-0.2, 0) is 16.6 Å². The van der Waals surface area contributed by atoms with Crippen LogP contribution in [0.2, 0.25) is 0 Å². The Labute approximate surface area is 145 Å². The molecule has 2 aromatic rings. The van der Waals surface area contributed by atoms with Gasteiger partial charge in [0.05, 0.1) is 23.2 Å². The van der Waals surface area contributed by atoms with Gasteiger partial charge in [-0.3, -0.25) is 4.79 Å².